The summed E-state index contributed by atoms with van der Waals surface area (Å²) >= 11 is 0. The molecule has 2 amide bonds. The average molecular weight is 479 g/mol. The van der Waals surface area contributed by atoms with Crippen LogP contribution in [0.25, 0.3) is 11.1 Å². The van der Waals surface area contributed by atoms with Crippen molar-refractivity contribution < 1.29 is 24.2 Å². The average Bonchev–Trinajstić information content (AvgIpc) is 3.14. The second-order valence-electron chi connectivity index (χ2n) is 10.7. The maximum Gasteiger partial charge on any atom is 0.407 e. The number of benzene rings is 2. The van der Waals surface area contributed by atoms with E-state index in [-0.39, 0.29) is 24.5 Å². The van der Waals surface area contributed by atoms with Crippen LogP contribution in [-0.4, -0.2) is 41.8 Å². The van der Waals surface area contributed by atoms with E-state index in [0.29, 0.717) is 12.8 Å². The highest BCUT2D eigenvalue weighted by Crippen LogP contribution is 2.44. The van der Waals surface area contributed by atoms with Crippen LogP contribution in [0.4, 0.5) is 4.79 Å². The lowest BCUT2D eigenvalue weighted by Crippen LogP contribution is -2.56. The Morgan fingerprint density at radius 2 is 1.60 bits per heavy atom. The lowest BCUT2D eigenvalue weighted by atomic mass is 9.83. The summed E-state index contributed by atoms with van der Waals surface area (Å²) in [7, 11) is 0. The molecule has 0 bridgehead atoms. The van der Waals surface area contributed by atoms with E-state index in [1.165, 1.54) is 0 Å². The first-order chi connectivity index (χ1) is 16.6. The monoisotopic (exact) mass is 478 g/mol. The van der Waals surface area contributed by atoms with Gasteiger partial charge >= 0.3 is 12.1 Å². The molecule has 0 heterocycles. The molecule has 0 spiro atoms. The summed E-state index contributed by atoms with van der Waals surface area (Å²) in [6.07, 6.45) is 1.87. The fourth-order valence-corrected chi connectivity index (χ4v) is 5.26. The standard InChI is InChI=1S/C28H34N2O5/c1-28(2,3)24(25(31)29-18-10-8-9-17(15-18)26(32)33)30-27(34)35-16-23-21-13-6-4-11-19(21)20-12-5-7-14-22(20)23/h4-7,11-14,17-18,23-24H,8-10,15-16H2,1-3H3,(H,29,31)(H,30,34)(H,32,33)/t17-,18+,24?/m0/s1. The van der Waals surface area contributed by atoms with Gasteiger partial charge in [-0.2, -0.15) is 0 Å². The zero-order valence-corrected chi connectivity index (χ0v) is 20.5. The van der Waals surface area contributed by atoms with E-state index in [1.807, 2.05) is 45.0 Å². The number of nitrogens with one attached hydrogen (secondary N) is 2. The van der Waals surface area contributed by atoms with Crippen molar-refractivity contribution in [2.75, 3.05) is 6.61 Å². The summed E-state index contributed by atoms with van der Waals surface area (Å²) in [4.78, 5) is 37.3. The zero-order chi connectivity index (χ0) is 25.2. The summed E-state index contributed by atoms with van der Waals surface area (Å²) in [6.45, 7) is 5.80. The molecule has 2 aromatic rings. The van der Waals surface area contributed by atoms with Crippen molar-refractivity contribution in [1.29, 1.82) is 0 Å². The Morgan fingerprint density at radius 1 is 1.00 bits per heavy atom. The molecule has 1 unspecified atom stereocenters. The first kappa shape index (κ1) is 24.8. The van der Waals surface area contributed by atoms with E-state index in [2.05, 4.69) is 34.9 Å². The van der Waals surface area contributed by atoms with Gasteiger partial charge < -0.3 is 20.5 Å². The smallest absolute Gasteiger partial charge is 0.407 e. The number of amides is 2. The van der Waals surface area contributed by atoms with Gasteiger partial charge in [-0.25, -0.2) is 4.79 Å². The summed E-state index contributed by atoms with van der Waals surface area (Å²) in [5, 5.41) is 15.1. The van der Waals surface area contributed by atoms with Crippen LogP contribution in [0.5, 0.6) is 0 Å². The van der Waals surface area contributed by atoms with Gasteiger partial charge in [-0.05, 0) is 46.9 Å². The number of carbonyl (C=O) groups is 3. The van der Waals surface area contributed by atoms with Gasteiger partial charge in [0.1, 0.15) is 12.6 Å². The number of carboxylic acids is 1. The maximum atomic E-state index is 13.1. The zero-order valence-electron chi connectivity index (χ0n) is 20.5. The van der Waals surface area contributed by atoms with Gasteiger partial charge in [-0.3, -0.25) is 9.59 Å². The molecule has 2 aliphatic carbocycles. The minimum absolute atomic E-state index is 0.0646. The molecule has 2 aromatic carbocycles. The molecule has 3 N–H and O–H groups in total. The third-order valence-electron chi connectivity index (χ3n) is 7.10. The maximum absolute atomic E-state index is 13.1. The SMILES string of the molecule is CC(C)(C)C(NC(=O)OCC1c2ccccc2-c2ccccc21)C(=O)N[C@@H]1CCC[C@H](C(=O)O)C1. The summed E-state index contributed by atoms with van der Waals surface area (Å²) in [5.41, 5.74) is 3.98. The van der Waals surface area contributed by atoms with Crippen molar-refractivity contribution in [3.05, 3.63) is 59.7 Å². The largest absolute Gasteiger partial charge is 0.481 e. The molecule has 0 aromatic heterocycles. The minimum atomic E-state index is -0.826. The highest BCUT2D eigenvalue weighted by atomic mass is 16.5. The second-order valence-corrected chi connectivity index (χ2v) is 10.7. The number of rotatable bonds is 6. The minimum Gasteiger partial charge on any atom is -0.481 e. The molecular weight excluding hydrogens is 444 g/mol. The molecule has 0 radical (unpaired) electrons. The van der Waals surface area contributed by atoms with Gasteiger partial charge in [0.2, 0.25) is 5.91 Å². The van der Waals surface area contributed by atoms with Crippen molar-refractivity contribution in [3.63, 3.8) is 0 Å². The van der Waals surface area contributed by atoms with Gasteiger partial charge in [0.25, 0.3) is 0 Å². The van der Waals surface area contributed by atoms with Crippen molar-refractivity contribution in [2.24, 2.45) is 11.3 Å². The first-order valence-electron chi connectivity index (χ1n) is 12.3. The van der Waals surface area contributed by atoms with Crippen molar-refractivity contribution >= 4 is 18.0 Å². The fraction of sp³-hybridized carbons (Fsp3) is 0.464. The van der Waals surface area contributed by atoms with Crippen LogP contribution in [0, 0.1) is 11.3 Å². The predicted octanol–water partition coefficient (Wildman–Crippen LogP) is 4.70. The van der Waals surface area contributed by atoms with Crippen LogP contribution in [-0.2, 0) is 14.3 Å². The van der Waals surface area contributed by atoms with Gasteiger partial charge in [0.15, 0.2) is 0 Å². The molecule has 0 saturated heterocycles. The van der Waals surface area contributed by atoms with Crippen LogP contribution in [0.15, 0.2) is 48.5 Å². The van der Waals surface area contributed by atoms with E-state index in [0.717, 1.165) is 35.1 Å². The third kappa shape index (κ3) is 5.50. The molecule has 4 rings (SSSR count). The van der Waals surface area contributed by atoms with Crippen LogP contribution in [0.2, 0.25) is 0 Å². The van der Waals surface area contributed by atoms with E-state index < -0.39 is 29.4 Å². The molecule has 35 heavy (non-hydrogen) atoms. The number of ether oxygens (including phenoxy) is 1. The topological polar surface area (TPSA) is 105 Å². The molecule has 1 saturated carbocycles. The Kier molecular flexibility index (Phi) is 7.15. The van der Waals surface area contributed by atoms with E-state index in [4.69, 9.17) is 4.74 Å². The number of aliphatic carboxylic acids is 1. The lowest BCUT2D eigenvalue weighted by Gasteiger charge is -2.33. The summed E-state index contributed by atoms with van der Waals surface area (Å²) in [5.74, 6) is -1.65. The van der Waals surface area contributed by atoms with Crippen LogP contribution < -0.4 is 10.6 Å². The quantitative estimate of drug-likeness (QED) is 0.558. The second kappa shape index (κ2) is 10.1. The predicted molar refractivity (Wildman–Crippen MR) is 133 cm³/mol. The molecule has 0 aliphatic heterocycles. The Morgan fingerprint density at radius 3 is 2.17 bits per heavy atom. The van der Waals surface area contributed by atoms with Crippen LogP contribution in [0.1, 0.15) is 63.5 Å². The van der Waals surface area contributed by atoms with Crippen molar-refractivity contribution in [2.45, 2.75) is 64.5 Å². The number of carboxylic acid groups (broad SMARTS) is 1. The number of fused-ring (bicyclic) bond motifs is 3. The third-order valence-corrected chi connectivity index (χ3v) is 7.10. The van der Waals surface area contributed by atoms with Crippen LogP contribution in [0.3, 0.4) is 0 Å². The Hall–Kier alpha value is -3.35. The Labute approximate surface area is 206 Å². The highest BCUT2D eigenvalue weighted by molar-refractivity contribution is 5.87. The van der Waals surface area contributed by atoms with Crippen molar-refractivity contribution in [3.8, 4) is 11.1 Å². The molecule has 3 atom stereocenters. The van der Waals surface area contributed by atoms with Crippen molar-refractivity contribution in [1.82, 2.24) is 10.6 Å². The summed E-state index contributed by atoms with van der Waals surface area (Å²) < 4.78 is 5.65. The fourth-order valence-electron chi connectivity index (χ4n) is 5.26. The number of hydrogen-bond acceptors (Lipinski definition) is 4. The van der Waals surface area contributed by atoms with Gasteiger partial charge in [-0.1, -0.05) is 75.7 Å². The number of hydrogen-bond donors (Lipinski definition) is 3. The molecule has 7 nitrogen and oxygen atoms in total. The number of alkyl carbamates (subject to hydrolysis) is 1. The molecular formula is C28H34N2O5. The molecule has 2 aliphatic rings. The summed E-state index contributed by atoms with van der Waals surface area (Å²) in [6, 6.07) is 15.2. The first-order valence-corrected chi connectivity index (χ1v) is 12.3. The van der Waals surface area contributed by atoms with Gasteiger partial charge in [0.05, 0.1) is 5.92 Å². The molecule has 186 valence electrons. The molecule has 7 heteroatoms. The highest BCUT2D eigenvalue weighted by Gasteiger charge is 2.36. The normalized spacial score (nSPS) is 20.3. The Balaban J connectivity index is 1.40. The van der Waals surface area contributed by atoms with E-state index in [1.54, 1.807) is 0 Å². The lowest BCUT2D eigenvalue weighted by molar-refractivity contribution is -0.143. The Bertz CT molecular complexity index is 1060. The van der Waals surface area contributed by atoms with E-state index >= 15 is 0 Å². The molecule has 1 fully saturated rings. The van der Waals surface area contributed by atoms with Crippen LogP contribution >= 0.6 is 0 Å². The number of carbonyl (C=O) groups excluding carboxylic acids is 2. The van der Waals surface area contributed by atoms with E-state index in [9.17, 15) is 19.5 Å². The van der Waals surface area contributed by atoms with Gasteiger partial charge in [-0.15, -0.1) is 0 Å². The van der Waals surface area contributed by atoms with Gasteiger partial charge in [0, 0.05) is 12.0 Å².